The van der Waals surface area contributed by atoms with Gasteiger partial charge in [-0.3, -0.25) is 4.79 Å². The fraction of sp³-hybridized carbons (Fsp3) is 0.611. The maximum atomic E-state index is 12.8. The van der Waals surface area contributed by atoms with Crippen LogP contribution in [0.15, 0.2) is 24.3 Å². The van der Waals surface area contributed by atoms with Crippen LogP contribution in [0.4, 0.5) is 4.39 Å². The van der Waals surface area contributed by atoms with Crippen molar-refractivity contribution in [3.63, 3.8) is 0 Å². The molecule has 1 unspecified atom stereocenters. The minimum atomic E-state index is -0.254. The van der Waals surface area contributed by atoms with Crippen molar-refractivity contribution in [1.82, 2.24) is 4.90 Å². The highest BCUT2D eigenvalue weighted by Gasteiger charge is 2.31. The average molecular weight is 321 g/mol. The average Bonchev–Trinajstić information content (AvgIpc) is 3.06. The van der Waals surface area contributed by atoms with Crippen LogP contribution in [0.5, 0.6) is 5.75 Å². The fourth-order valence-electron chi connectivity index (χ4n) is 3.35. The lowest BCUT2D eigenvalue weighted by Gasteiger charge is -2.26. The summed E-state index contributed by atoms with van der Waals surface area (Å²) in [6.07, 6.45) is 3.68. The number of rotatable bonds is 5. The molecule has 0 saturated carbocycles. The van der Waals surface area contributed by atoms with Crippen LogP contribution < -0.4 is 4.74 Å². The predicted octanol–water partition coefficient (Wildman–Crippen LogP) is 2.87. The number of ether oxygens (including phenoxy) is 2. The maximum Gasteiger partial charge on any atom is 0.225 e. The third-order valence-corrected chi connectivity index (χ3v) is 4.78. The van der Waals surface area contributed by atoms with Gasteiger partial charge in [-0.25, -0.2) is 4.39 Å². The Bertz CT molecular complexity index is 514. The topological polar surface area (TPSA) is 38.8 Å². The van der Waals surface area contributed by atoms with Gasteiger partial charge in [0, 0.05) is 32.2 Å². The largest absolute Gasteiger partial charge is 0.494 e. The molecule has 0 radical (unpaired) electrons. The van der Waals surface area contributed by atoms with Crippen LogP contribution >= 0.6 is 0 Å². The Kier molecular flexibility index (Phi) is 5.49. The Morgan fingerprint density at radius 3 is 2.70 bits per heavy atom. The summed E-state index contributed by atoms with van der Waals surface area (Å²) in [6, 6.07) is 6.09. The number of benzene rings is 1. The van der Waals surface area contributed by atoms with Crippen LogP contribution in [-0.2, 0) is 9.53 Å². The van der Waals surface area contributed by atoms with Crippen molar-refractivity contribution < 1.29 is 18.7 Å². The zero-order chi connectivity index (χ0) is 16.1. The lowest BCUT2D eigenvalue weighted by molar-refractivity contribution is -0.137. The van der Waals surface area contributed by atoms with Crippen LogP contribution in [0.3, 0.4) is 0 Å². The molecule has 0 spiro atoms. The Hall–Kier alpha value is -1.62. The standard InChI is InChI=1S/C18H24FNO3/c19-16-1-3-17(4-2-16)23-12-6-14-5-9-20(13-14)18(21)15-7-10-22-11-8-15/h1-4,14-15H,5-13H2. The number of likely N-dealkylation sites (tertiary alicyclic amines) is 1. The smallest absolute Gasteiger partial charge is 0.225 e. The van der Waals surface area contributed by atoms with Crippen LogP contribution in [-0.4, -0.2) is 43.7 Å². The number of amides is 1. The van der Waals surface area contributed by atoms with Gasteiger partial charge in [-0.1, -0.05) is 0 Å². The summed E-state index contributed by atoms with van der Waals surface area (Å²) >= 11 is 0. The molecular formula is C18H24FNO3. The number of nitrogens with zero attached hydrogens (tertiary/aromatic N) is 1. The van der Waals surface area contributed by atoms with E-state index in [0.29, 0.717) is 37.4 Å². The quantitative estimate of drug-likeness (QED) is 0.837. The zero-order valence-electron chi connectivity index (χ0n) is 13.4. The molecule has 0 N–H and O–H groups in total. The molecule has 2 saturated heterocycles. The molecule has 2 aliphatic rings. The fourth-order valence-corrected chi connectivity index (χ4v) is 3.35. The van der Waals surface area contributed by atoms with Crippen LogP contribution in [0.1, 0.15) is 25.7 Å². The van der Waals surface area contributed by atoms with Gasteiger partial charge in [0.1, 0.15) is 11.6 Å². The first-order chi connectivity index (χ1) is 11.2. The summed E-state index contributed by atoms with van der Waals surface area (Å²) in [4.78, 5) is 14.5. The van der Waals surface area contributed by atoms with E-state index in [4.69, 9.17) is 9.47 Å². The second-order valence-corrected chi connectivity index (χ2v) is 6.42. The molecule has 3 rings (SSSR count). The third kappa shape index (κ3) is 4.44. The first kappa shape index (κ1) is 16.2. The first-order valence-electron chi connectivity index (χ1n) is 8.47. The number of hydrogen-bond acceptors (Lipinski definition) is 3. The SMILES string of the molecule is O=C(C1CCOCC1)N1CCC(CCOc2ccc(F)cc2)C1. The molecule has 1 aromatic rings. The molecule has 2 aliphatic heterocycles. The van der Waals surface area contributed by atoms with Gasteiger partial charge in [0.05, 0.1) is 6.61 Å². The van der Waals surface area contributed by atoms with Gasteiger partial charge >= 0.3 is 0 Å². The van der Waals surface area contributed by atoms with Gasteiger partial charge in [0.2, 0.25) is 5.91 Å². The van der Waals surface area contributed by atoms with E-state index in [1.807, 2.05) is 4.90 Å². The molecule has 2 fully saturated rings. The second kappa shape index (κ2) is 7.77. The van der Waals surface area contributed by atoms with E-state index in [9.17, 15) is 9.18 Å². The monoisotopic (exact) mass is 321 g/mol. The summed E-state index contributed by atoms with van der Waals surface area (Å²) in [7, 11) is 0. The van der Waals surface area contributed by atoms with E-state index < -0.39 is 0 Å². The molecule has 5 heteroatoms. The first-order valence-corrected chi connectivity index (χ1v) is 8.47. The molecule has 0 aromatic heterocycles. The zero-order valence-corrected chi connectivity index (χ0v) is 13.4. The summed E-state index contributed by atoms with van der Waals surface area (Å²) in [5.74, 6) is 1.39. The van der Waals surface area contributed by atoms with Gasteiger partial charge in [0.25, 0.3) is 0 Å². The molecule has 1 aromatic carbocycles. The lowest BCUT2D eigenvalue weighted by atomic mass is 9.99. The van der Waals surface area contributed by atoms with Crippen molar-refractivity contribution in [2.24, 2.45) is 11.8 Å². The van der Waals surface area contributed by atoms with Gasteiger partial charge in [-0.15, -0.1) is 0 Å². The maximum absolute atomic E-state index is 12.8. The van der Waals surface area contributed by atoms with Crippen molar-refractivity contribution in [3.8, 4) is 5.75 Å². The highest BCUT2D eigenvalue weighted by Crippen LogP contribution is 2.25. The molecule has 0 aliphatic carbocycles. The van der Waals surface area contributed by atoms with Crippen molar-refractivity contribution in [3.05, 3.63) is 30.1 Å². The Labute approximate surface area is 136 Å². The van der Waals surface area contributed by atoms with Gasteiger partial charge < -0.3 is 14.4 Å². The molecule has 2 heterocycles. The summed E-state index contributed by atoms with van der Waals surface area (Å²) in [5, 5.41) is 0. The Morgan fingerprint density at radius 2 is 1.96 bits per heavy atom. The molecule has 1 atom stereocenters. The number of carbonyl (C=O) groups is 1. The molecule has 4 nitrogen and oxygen atoms in total. The molecule has 23 heavy (non-hydrogen) atoms. The Morgan fingerprint density at radius 1 is 1.22 bits per heavy atom. The number of hydrogen-bond donors (Lipinski definition) is 0. The second-order valence-electron chi connectivity index (χ2n) is 6.42. The van der Waals surface area contributed by atoms with Crippen molar-refractivity contribution in [2.75, 3.05) is 32.9 Å². The van der Waals surface area contributed by atoms with Crippen LogP contribution in [0.2, 0.25) is 0 Å². The third-order valence-electron chi connectivity index (χ3n) is 4.78. The molecule has 0 bridgehead atoms. The van der Waals surface area contributed by atoms with E-state index in [2.05, 4.69) is 0 Å². The highest BCUT2D eigenvalue weighted by molar-refractivity contribution is 5.79. The minimum absolute atomic E-state index is 0.151. The molecule has 126 valence electrons. The van der Waals surface area contributed by atoms with Crippen molar-refractivity contribution in [2.45, 2.75) is 25.7 Å². The van der Waals surface area contributed by atoms with Crippen LogP contribution in [0, 0.1) is 17.7 Å². The van der Waals surface area contributed by atoms with E-state index in [1.165, 1.54) is 12.1 Å². The van der Waals surface area contributed by atoms with E-state index in [0.717, 1.165) is 38.8 Å². The van der Waals surface area contributed by atoms with Gasteiger partial charge in [0.15, 0.2) is 0 Å². The minimum Gasteiger partial charge on any atom is -0.494 e. The van der Waals surface area contributed by atoms with Gasteiger partial charge in [-0.05, 0) is 55.9 Å². The van der Waals surface area contributed by atoms with E-state index in [1.54, 1.807) is 12.1 Å². The van der Waals surface area contributed by atoms with E-state index >= 15 is 0 Å². The molecular weight excluding hydrogens is 297 g/mol. The normalized spacial score (nSPS) is 22.3. The number of carbonyl (C=O) groups excluding carboxylic acids is 1. The van der Waals surface area contributed by atoms with Gasteiger partial charge in [-0.2, -0.15) is 0 Å². The summed E-state index contributed by atoms with van der Waals surface area (Å²) < 4.78 is 23.8. The molecule has 1 amide bonds. The van der Waals surface area contributed by atoms with Crippen LogP contribution in [0.25, 0.3) is 0 Å². The predicted molar refractivity (Wildman–Crippen MR) is 84.7 cm³/mol. The summed E-state index contributed by atoms with van der Waals surface area (Å²) in [6.45, 7) is 3.72. The highest BCUT2D eigenvalue weighted by atomic mass is 19.1. The van der Waals surface area contributed by atoms with Crippen molar-refractivity contribution >= 4 is 5.91 Å². The summed E-state index contributed by atoms with van der Waals surface area (Å²) in [5.41, 5.74) is 0. The Balaban J connectivity index is 1.39. The number of halogens is 1. The van der Waals surface area contributed by atoms with Crippen molar-refractivity contribution in [1.29, 1.82) is 0 Å². The van der Waals surface area contributed by atoms with E-state index in [-0.39, 0.29) is 11.7 Å². The lowest BCUT2D eigenvalue weighted by Crippen LogP contribution is -2.37.